The normalized spacial score (nSPS) is 15.7. The third-order valence-electron chi connectivity index (χ3n) is 5.19. The van der Waals surface area contributed by atoms with Gasteiger partial charge >= 0.3 is 5.97 Å². The van der Waals surface area contributed by atoms with Crippen LogP contribution >= 0.6 is 0 Å². The van der Waals surface area contributed by atoms with Gasteiger partial charge in [-0.2, -0.15) is 0 Å². The Hall–Kier alpha value is -3.45. The maximum absolute atomic E-state index is 13.0. The second-order valence-corrected chi connectivity index (χ2v) is 6.90. The molecule has 0 spiro atoms. The Morgan fingerprint density at radius 2 is 1.82 bits per heavy atom. The van der Waals surface area contributed by atoms with Crippen LogP contribution in [0, 0.1) is 0 Å². The molecule has 2 aromatic carbocycles. The summed E-state index contributed by atoms with van der Waals surface area (Å²) >= 11 is 0. The molecule has 2 heterocycles. The van der Waals surface area contributed by atoms with Gasteiger partial charge in [0.05, 0.1) is 17.5 Å². The second kappa shape index (κ2) is 6.03. The minimum atomic E-state index is -0.883. The molecule has 0 bridgehead atoms. The van der Waals surface area contributed by atoms with E-state index in [9.17, 15) is 14.4 Å². The van der Waals surface area contributed by atoms with Crippen LogP contribution in [0.4, 0.5) is 0 Å². The number of carboxylic acids is 1. The SMILES string of the molecule is O=C(O)CCN1COc2ccc3c4c(oc3c2C1)C(=O)c1ccccc1C4=O. The fraction of sp³-hybridized carbons (Fsp3) is 0.190. The van der Waals surface area contributed by atoms with Gasteiger partial charge in [-0.15, -0.1) is 0 Å². The van der Waals surface area contributed by atoms with Gasteiger partial charge in [0.1, 0.15) is 18.1 Å². The molecular weight excluding hydrogens is 362 g/mol. The highest BCUT2D eigenvalue weighted by atomic mass is 16.5. The topological polar surface area (TPSA) is 97.0 Å². The lowest BCUT2D eigenvalue weighted by Gasteiger charge is -2.28. The molecule has 1 aliphatic carbocycles. The van der Waals surface area contributed by atoms with Crippen LogP contribution in [-0.4, -0.2) is 40.8 Å². The average Bonchev–Trinajstić information content (AvgIpc) is 3.11. The molecule has 3 aromatic rings. The Labute approximate surface area is 159 Å². The van der Waals surface area contributed by atoms with Crippen LogP contribution in [0.25, 0.3) is 11.0 Å². The molecule has 0 amide bonds. The lowest BCUT2D eigenvalue weighted by Crippen LogP contribution is -2.33. The molecule has 1 N–H and O–H groups in total. The Morgan fingerprint density at radius 3 is 2.57 bits per heavy atom. The highest BCUT2D eigenvalue weighted by Gasteiger charge is 2.36. The molecule has 140 valence electrons. The summed E-state index contributed by atoms with van der Waals surface area (Å²) in [6.07, 6.45) is -0.00436. The first kappa shape index (κ1) is 16.7. The first-order valence-corrected chi connectivity index (χ1v) is 8.88. The van der Waals surface area contributed by atoms with Crippen molar-refractivity contribution < 1.29 is 28.6 Å². The molecule has 0 atom stereocenters. The number of hydrogen-bond acceptors (Lipinski definition) is 6. The molecule has 0 radical (unpaired) electrons. The number of carboxylic acid groups (broad SMARTS) is 1. The van der Waals surface area contributed by atoms with Crippen molar-refractivity contribution in [2.45, 2.75) is 13.0 Å². The standard InChI is InChI=1S/C21H15NO6/c23-16(24)7-8-22-9-14-15(27-10-22)6-5-13-17-18(25)11-3-1-2-4-12(11)19(26)21(17)28-20(13)14/h1-6H,7-10H2,(H,23,24). The van der Waals surface area contributed by atoms with Crippen LogP contribution in [0.3, 0.4) is 0 Å². The van der Waals surface area contributed by atoms with E-state index < -0.39 is 5.97 Å². The summed E-state index contributed by atoms with van der Waals surface area (Å²) in [6.45, 7) is 1.02. The fourth-order valence-electron chi connectivity index (χ4n) is 3.83. The summed E-state index contributed by atoms with van der Waals surface area (Å²) < 4.78 is 11.6. The van der Waals surface area contributed by atoms with Crippen molar-refractivity contribution in [3.05, 3.63) is 64.4 Å². The monoisotopic (exact) mass is 377 g/mol. The first-order valence-electron chi connectivity index (χ1n) is 8.88. The van der Waals surface area contributed by atoms with Crippen molar-refractivity contribution in [1.82, 2.24) is 4.90 Å². The summed E-state index contributed by atoms with van der Waals surface area (Å²) in [7, 11) is 0. The number of aliphatic carboxylic acids is 1. The summed E-state index contributed by atoms with van der Waals surface area (Å²) in [6, 6.07) is 10.2. The van der Waals surface area contributed by atoms with Gasteiger partial charge in [-0.3, -0.25) is 19.3 Å². The predicted octanol–water partition coefficient (Wildman–Crippen LogP) is 2.83. The number of carbonyl (C=O) groups excluding carboxylic acids is 2. The van der Waals surface area contributed by atoms with Crippen molar-refractivity contribution in [1.29, 1.82) is 0 Å². The van der Waals surface area contributed by atoms with Crippen molar-refractivity contribution in [2.24, 2.45) is 0 Å². The number of hydrogen-bond donors (Lipinski definition) is 1. The van der Waals surface area contributed by atoms with E-state index in [4.69, 9.17) is 14.3 Å². The number of ketones is 2. The molecule has 0 saturated heterocycles. The lowest BCUT2D eigenvalue weighted by molar-refractivity contribution is -0.137. The fourth-order valence-corrected chi connectivity index (χ4v) is 3.83. The molecule has 1 aromatic heterocycles. The van der Waals surface area contributed by atoms with Gasteiger partial charge in [-0.1, -0.05) is 24.3 Å². The summed E-state index contributed by atoms with van der Waals surface area (Å²) in [4.78, 5) is 38.6. The Balaban J connectivity index is 1.63. The molecule has 5 rings (SSSR count). The Bertz CT molecular complexity index is 1180. The van der Waals surface area contributed by atoms with Crippen LogP contribution < -0.4 is 4.74 Å². The predicted molar refractivity (Wildman–Crippen MR) is 97.7 cm³/mol. The molecule has 0 unspecified atom stereocenters. The van der Waals surface area contributed by atoms with Gasteiger partial charge in [0.2, 0.25) is 5.78 Å². The van der Waals surface area contributed by atoms with Crippen molar-refractivity contribution >= 4 is 28.5 Å². The zero-order chi connectivity index (χ0) is 19.4. The minimum Gasteiger partial charge on any atom is -0.481 e. The van der Waals surface area contributed by atoms with Crippen LogP contribution in [-0.2, 0) is 11.3 Å². The number of ether oxygens (including phenoxy) is 1. The molecule has 2 aliphatic rings. The van der Waals surface area contributed by atoms with Gasteiger partial charge in [0, 0.05) is 29.6 Å². The van der Waals surface area contributed by atoms with Crippen LogP contribution in [0.2, 0.25) is 0 Å². The highest BCUT2D eigenvalue weighted by Crippen LogP contribution is 2.40. The van der Waals surface area contributed by atoms with E-state index in [0.29, 0.717) is 46.5 Å². The van der Waals surface area contributed by atoms with Crippen molar-refractivity contribution in [3.8, 4) is 5.75 Å². The van der Waals surface area contributed by atoms with E-state index in [0.717, 1.165) is 0 Å². The summed E-state index contributed by atoms with van der Waals surface area (Å²) in [5.41, 5.74) is 2.15. The third-order valence-corrected chi connectivity index (χ3v) is 5.19. The van der Waals surface area contributed by atoms with Crippen LogP contribution in [0.5, 0.6) is 5.75 Å². The number of benzene rings is 2. The highest BCUT2D eigenvalue weighted by molar-refractivity contribution is 6.31. The third kappa shape index (κ3) is 2.36. The average molecular weight is 377 g/mol. The molecule has 28 heavy (non-hydrogen) atoms. The molecule has 7 nitrogen and oxygen atoms in total. The van der Waals surface area contributed by atoms with Crippen molar-refractivity contribution in [2.75, 3.05) is 13.3 Å². The Morgan fingerprint density at radius 1 is 1.07 bits per heavy atom. The smallest absolute Gasteiger partial charge is 0.304 e. The molecular formula is C21H15NO6. The van der Waals surface area contributed by atoms with Crippen LogP contribution in [0.15, 0.2) is 40.8 Å². The maximum Gasteiger partial charge on any atom is 0.304 e. The first-order chi connectivity index (χ1) is 13.5. The van der Waals surface area contributed by atoms with E-state index >= 15 is 0 Å². The van der Waals surface area contributed by atoms with Gasteiger partial charge in [-0.05, 0) is 12.1 Å². The number of fused-ring (bicyclic) bond motifs is 6. The number of rotatable bonds is 3. The number of carbonyl (C=O) groups is 3. The molecule has 1 aliphatic heterocycles. The number of furan rings is 1. The van der Waals surface area contributed by atoms with E-state index in [-0.39, 0.29) is 36.0 Å². The van der Waals surface area contributed by atoms with Gasteiger partial charge in [0.25, 0.3) is 0 Å². The molecule has 0 fully saturated rings. The van der Waals surface area contributed by atoms with Gasteiger partial charge in [0.15, 0.2) is 11.5 Å². The van der Waals surface area contributed by atoms with Gasteiger partial charge < -0.3 is 14.3 Å². The van der Waals surface area contributed by atoms with E-state index in [1.807, 2.05) is 4.90 Å². The van der Waals surface area contributed by atoms with Crippen molar-refractivity contribution in [3.63, 3.8) is 0 Å². The summed E-state index contributed by atoms with van der Waals surface area (Å²) in [5, 5.41) is 9.48. The lowest BCUT2D eigenvalue weighted by atomic mass is 9.87. The van der Waals surface area contributed by atoms with Gasteiger partial charge in [-0.25, -0.2) is 0 Å². The quantitative estimate of drug-likeness (QED) is 0.586. The zero-order valence-corrected chi connectivity index (χ0v) is 14.7. The zero-order valence-electron chi connectivity index (χ0n) is 14.7. The molecule has 7 heteroatoms. The van der Waals surface area contributed by atoms with E-state index in [1.54, 1.807) is 36.4 Å². The number of nitrogens with zero attached hydrogens (tertiary/aromatic N) is 1. The summed E-state index contributed by atoms with van der Waals surface area (Å²) in [5.74, 6) is -0.762. The maximum atomic E-state index is 13.0. The van der Waals surface area contributed by atoms with E-state index in [2.05, 4.69) is 0 Å². The largest absolute Gasteiger partial charge is 0.481 e. The Kier molecular flexibility index (Phi) is 3.60. The van der Waals surface area contributed by atoms with Crippen LogP contribution in [0.1, 0.15) is 44.0 Å². The molecule has 0 saturated carbocycles. The van der Waals surface area contributed by atoms with E-state index in [1.165, 1.54) is 0 Å². The second-order valence-electron chi connectivity index (χ2n) is 6.90. The minimum absolute atomic E-state index is 0.00436.